The third-order valence-corrected chi connectivity index (χ3v) is 4.37. The summed E-state index contributed by atoms with van der Waals surface area (Å²) in [6.07, 6.45) is 2.61. The van der Waals surface area contributed by atoms with Crippen LogP contribution < -0.4 is 11.2 Å². The first-order valence-electron chi connectivity index (χ1n) is 6.22. The Morgan fingerprint density at radius 3 is 2.64 bits per heavy atom. The molecule has 1 aromatic heterocycles. The van der Waals surface area contributed by atoms with Gasteiger partial charge in [-0.15, -0.1) is 0 Å². The number of nitrogens with zero attached hydrogens (tertiary/aromatic N) is 1. The molecule has 0 unspecified atom stereocenters. The summed E-state index contributed by atoms with van der Waals surface area (Å²) < 4.78 is 24.6. The molecule has 0 aliphatic rings. The van der Waals surface area contributed by atoms with Crippen LogP contribution in [0.3, 0.4) is 0 Å². The molecule has 1 amide bonds. The number of hydrogen-bond acceptors (Lipinski definition) is 4. The molecule has 2 rings (SSSR count). The fourth-order valence-electron chi connectivity index (χ4n) is 2.00. The summed E-state index contributed by atoms with van der Waals surface area (Å²) in [7, 11) is -3.31. The third-order valence-electron chi connectivity index (χ3n) is 3.05. The summed E-state index contributed by atoms with van der Waals surface area (Å²) >= 11 is 5.93. The Kier molecular flexibility index (Phi) is 4.39. The number of pyridine rings is 1. The highest BCUT2D eigenvalue weighted by Gasteiger charge is 2.10. The van der Waals surface area contributed by atoms with Gasteiger partial charge in [0.1, 0.15) is 5.49 Å². The van der Waals surface area contributed by atoms with Crippen molar-refractivity contribution in [3.05, 3.63) is 58.2 Å². The molecule has 6 nitrogen and oxygen atoms in total. The van der Waals surface area contributed by atoms with Crippen LogP contribution in [-0.2, 0) is 16.4 Å². The van der Waals surface area contributed by atoms with E-state index in [1.54, 1.807) is 12.1 Å². The number of nitrogens with one attached hydrogen (secondary N) is 1. The first kappa shape index (κ1) is 16.3. The number of nitrogens with two attached hydrogens (primary N) is 1. The van der Waals surface area contributed by atoms with Gasteiger partial charge in [0, 0.05) is 19.0 Å². The van der Waals surface area contributed by atoms with E-state index in [-0.39, 0.29) is 27.5 Å². The van der Waals surface area contributed by atoms with Crippen LogP contribution in [0.25, 0.3) is 0 Å². The van der Waals surface area contributed by atoms with Crippen molar-refractivity contribution in [3.8, 4) is 0 Å². The minimum absolute atomic E-state index is 0.00627. The number of benzene rings is 1. The van der Waals surface area contributed by atoms with Crippen molar-refractivity contribution < 1.29 is 13.2 Å². The van der Waals surface area contributed by atoms with E-state index in [4.69, 9.17) is 22.7 Å². The molecule has 0 saturated heterocycles. The lowest BCUT2D eigenvalue weighted by Gasteiger charge is -2.11. The number of carbonyl (C=O) groups is 1. The van der Waals surface area contributed by atoms with Crippen molar-refractivity contribution >= 4 is 27.3 Å². The molecule has 8 heteroatoms. The van der Waals surface area contributed by atoms with E-state index >= 15 is 0 Å². The lowest BCUT2D eigenvalue weighted by molar-refractivity contribution is 0.0997. The normalized spacial score (nSPS) is 11.4. The van der Waals surface area contributed by atoms with Crippen molar-refractivity contribution in [2.24, 2.45) is 5.73 Å². The van der Waals surface area contributed by atoms with Gasteiger partial charge in [-0.3, -0.25) is 10.2 Å². The molecule has 0 atom stereocenters. The van der Waals surface area contributed by atoms with Crippen molar-refractivity contribution in [3.63, 3.8) is 0 Å². The molecule has 0 fully saturated rings. The summed E-state index contributed by atoms with van der Waals surface area (Å²) in [6, 6.07) is 7.70. The van der Waals surface area contributed by atoms with Crippen LogP contribution in [-0.4, -0.2) is 25.1 Å². The summed E-state index contributed by atoms with van der Waals surface area (Å²) in [5, 5.41) is 8.25. The Morgan fingerprint density at radius 1 is 1.36 bits per heavy atom. The molecule has 0 saturated carbocycles. The smallest absolute Gasteiger partial charge is 0.252 e. The highest BCUT2D eigenvalue weighted by atomic mass is 35.5. The van der Waals surface area contributed by atoms with Gasteiger partial charge < -0.3 is 10.3 Å². The molecule has 0 aliphatic carbocycles. The number of aromatic nitrogens is 1. The monoisotopic (exact) mass is 339 g/mol. The van der Waals surface area contributed by atoms with Crippen LogP contribution in [0, 0.1) is 5.41 Å². The minimum atomic E-state index is -3.31. The Bertz CT molecular complexity index is 904. The molecular formula is C14H14ClN3O3S. The Morgan fingerprint density at radius 2 is 2.05 bits per heavy atom. The molecule has 0 aliphatic heterocycles. The second-order valence-corrected chi connectivity index (χ2v) is 7.28. The van der Waals surface area contributed by atoms with E-state index in [2.05, 4.69) is 0 Å². The SMILES string of the molecule is CS(=O)(=O)c1cccc(Cn2cc(Cl)cc(C(N)=O)c2=N)c1. The van der Waals surface area contributed by atoms with E-state index in [0.29, 0.717) is 5.56 Å². The minimum Gasteiger partial charge on any atom is -0.365 e. The number of rotatable bonds is 4. The van der Waals surface area contributed by atoms with Crippen LogP contribution in [0.5, 0.6) is 0 Å². The topological polar surface area (TPSA) is 106 Å². The van der Waals surface area contributed by atoms with Gasteiger partial charge in [-0.2, -0.15) is 0 Å². The number of hydrogen-bond donors (Lipinski definition) is 2. The lowest BCUT2D eigenvalue weighted by atomic mass is 10.2. The molecule has 116 valence electrons. The Hall–Kier alpha value is -2.12. The van der Waals surface area contributed by atoms with Crippen LogP contribution in [0.1, 0.15) is 15.9 Å². The molecule has 3 N–H and O–H groups in total. The Balaban J connectivity index is 2.48. The van der Waals surface area contributed by atoms with Gasteiger partial charge in [-0.1, -0.05) is 23.7 Å². The Labute approximate surface area is 132 Å². The second kappa shape index (κ2) is 5.94. The molecule has 2 aromatic rings. The van der Waals surface area contributed by atoms with E-state index in [0.717, 1.165) is 6.26 Å². The van der Waals surface area contributed by atoms with Crippen LogP contribution in [0.15, 0.2) is 41.4 Å². The van der Waals surface area contributed by atoms with Gasteiger partial charge >= 0.3 is 0 Å². The molecular weight excluding hydrogens is 326 g/mol. The predicted octanol–water partition coefficient (Wildman–Crippen LogP) is 1.17. The predicted molar refractivity (Wildman–Crippen MR) is 82.5 cm³/mol. The van der Waals surface area contributed by atoms with Gasteiger partial charge in [0.05, 0.1) is 15.5 Å². The number of primary amides is 1. The van der Waals surface area contributed by atoms with Crippen LogP contribution in [0.2, 0.25) is 5.02 Å². The maximum atomic E-state index is 11.6. The average Bonchev–Trinajstić information content (AvgIpc) is 2.41. The first-order valence-corrected chi connectivity index (χ1v) is 8.49. The van der Waals surface area contributed by atoms with Gasteiger partial charge in [-0.25, -0.2) is 8.42 Å². The zero-order valence-electron chi connectivity index (χ0n) is 11.7. The average molecular weight is 340 g/mol. The first-order chi connectivity index (χ1) is 10.2. The van der Waals surface area contributed by atoms with Crippen molar-refractivity contribution in [1.82, 2.24) is 4.57 Å². The molecule has 1 aromatic carbocycles. The van der Waals surface area contributed by atoms with Crippen LogP contribution in [0.4, 0.5) is 0 Å². The van der Waals surface area contributed by atoms with E-state index in [1.807, 2.05) is 0 Å². The third kappa shape index (κ3) is 3.55. The van der Waals surface area contributed by atoms with Gasteiger partial charge in [0.2, 0.25) is 0 Å². The zero-order chi connectivity index (χ0) is 16.5. The van der Waals surface area contributed by atoms with Crippen molar-refractivity contribution in [2.75, 3.05) is 6.26 Å². The van der Waals surface area contributed by atoms with E-state index < -0.39 is 15.7 Å². The maximum absolute atomic E-state index is 11.6. The summed E-state index contributed by atoms with van der Waals surface area (Å²) in [5.41, 5.74) is 5.81. The molecule has 1 heterocycles. The highest BCUT2D eigenvalue weighted by molar-refractivity contribution is 7.90. The summed E-state index contributed by atoms with van der Waals surface area (Å²) in [5.74, 6) is -0.744. The van der Waals surface area contributed by atoms with Crippen LogP contribution >= 0.6 is 11.6 Å². The number of sulfone groups is 1. The van der Waals surface area contributed by atoms with Crippen molar-refractivity contribution in [1.29, 1.82) is 5.41 Å². The molecule has 22 heavy (non-hydrogen) atoms. The maximum Gasteiger partial charge on any atom is 0.252 e. The quantitative estimate of drug-likeness (QED) is 0.873. The fourth-order valence-corrected chi connectivity index (χ4v) is 2.91. The number of carbonyl (C=O) groups excluding carboxylic acids is 1. The molecule has 0 radical (unpaired) electrons. The lowest BCUT2D eigenvalue weighted by Crippen LogP contribution is -2.29. The highest BCUT2D eigenvalue weighted by Crippen LogP contribution is 2.13. The van der Waals surface area contributed by atoms with Crippen molar-refractivity contribution in [2.45, 2.75) is 11.4 Å². The second-order valence-electron chi connectivity index (χ2n) is 4.83. The van der Waals surface area contributed by atoms with E-state index in [1.165, 1.54) is 29.0 Å². The van der Waals surface area contributed by atoms with Gasteiger partial charge in [0.25, 0.3) is 5.91 Å². The van der Waals surface area contributed by atoms with Gasteiger partial charge in [-0.05, 0) is 23.8 Å². The zero-order valence-corrected chi connectivity index (χ0v) is 13.3. The number of halogens is 1. The summed E-state index contributed by atoms with van der Waals surface area (Å²) in [4.78, 5) is 11.5. The van der Waals surface area contributed by atoms with Gasteiger partial charge in [0.15, 0.2) is 9.84 Å². The summed E-state index contributed by atoms with van der Waals surface area (Å²) in [6.45, 7) is 0.197. The largest absolute Gasteiger partial charge is 0.365 e. The molecule has 0 bridgehead atoms. The molecule has 0 spiro atoms. The number of amides is 1. The van der Waals surface area contributed by atoms with E-state index in [9.17, 15) is 13.2 Å². The fraction of sp³-hybridized carbons (Fsp3) is 0.143. The standard InChI is InChI=1S/C14H14ClN3O3S/c1-22(20,21)11-4-2-3-9(5-11)7-18-8-10(15)6-12(13(18)16)14(17)19/h2-6,8,16H,7H2,1H3,(H2,17,19).